The van der Waals surface area contributed by atoms with Gasteiger partial charge in [-0.2, -0.15) is 8.78 Å². The monoisotopic (exact) mass is 428 g/mol. The molecular formula is C19H20F4N4O3. The number of hydrogen-bond donors (Lipinski definition) is 1. The first kappa shape index (κ1) is 23.0. The van der Waals surface area contributed by atoms with Crippen molar-refractivity contribution in [1.29, 1.82) is 0 Å². The Bertz CT molecular complexity index is 924. The number of nitrogens with zero attached hydrogens (tertiary/aromatic N) is 3. The number of ether oxygens (including phenoxy) is 1. The standard InChI is InChI=1S/C19H20F4N4O3/c1-3-15(28)27(14-7-13(16(24)29)4-5-25-14)9-12-6-11(2)17(26-8-12)30-10-19(22,23)18(20)21/h4-8,18H,3,9-10H2,1-2H3,(H2,24,29). The average Bonchev–Trinajstić information content (AvgIpc) is 2.70. The second kappa shape index (κ2) is 9.51. The summed E-state index contributed by atoms with van der Waals surface area (Å²) >= 11 is 0. The molecule has 0 aliphatic carbocycles. The maximum Gasteiger partial charge on any atom is 0.340 e. The van der Waals surface area contributed by atoms with Crippen molar-refractivity contribution >= 4 is 17.6 Å². The number of halogens is 4. The fourth-order valence-electron chi connectivity index (χ4n) is 2.48. The van der Waals surface area contributed by atoms with Gasteiger partial charge in [-0.3, -0.25) is 14.5 Å². The first-order chi connectivity index (χ1) is 14.0. The van der Waals surface area contributed by atoms with Gasteiger partial charge in [-0.1, -0.05) is 6.92 Å². The summed E-state index contributed by atoms with van der Waals surface area (Å²) in [5.41, 5.74) is 6.26. The predicted molar refractivity (Wildman–Crippen MR) is 99.7 cm³/mol. The molecule has 0 aliphatic heterocycles. The maximum atomic E-state index is 13.0. The normalized spacial score (nSPS) is 11.4. The number of hydrogen-bond acceptors (Lipinski definition) is 5. The van der Waals surface area contributed by atoms with Crippen molar-refractivity contribution in [2.75, 3.05) is 11.5 Å². The number of carbonyl (C=O) groups excluding carboxylic acids is 2. The summed E-state index contributed by atoms with van der Waals surface area (Å²) < 4.78 is 55.3. The number of aryl methyl sites for hydroxylation is 1. The van der Waals surface area contributed by atoms with E-state index < -0.39 is 24.9 Å². The van der Waals surface area contributed by atoms with Crippen LogP contribution < -0.4 is 15.4 Å². The molecule has 2 aromatic heterocycles. The molecule has 0 spiro atoms. The Morgan fingerprint density at radius 2 is 1.97 bits per heavy atom. The highest BCUT2D eigenvalue weighted by atomic mass is 19.3. The molecule has 0 bridgehead atoms. The summed E-state index contributed by atoms with van der Waals surface area (Å²) in [7, 11) is 0. The minimum atomic E-state index is -4.30. The van der Waals surface area contributed by atoms with Gasteiger partial charge >= 0.3 is 12.3 Å². The van der Waals surface area contributed by atoms with Gasteiger partial charge in [-0.15, -0.1) is 0 Å². The van der Waals surface area contributed by atoms with Crippen LogP contribution in [0.2, 0.25) is 0 Å². The second-order valence-electron chi connectivity index (χ2n) is 6.42. The Hall–Kier alpha value is -3.24. The Balaban J connectivity index is 2.23. The van der Waals surface area contributed by atoms with E-state index in [-0.39, 0.29) is 36.1 Å². The fraction of sp³-hybridized carbons (Fsp3) is 0.368. The Kier molecular flexibility index (Phi) is 7.30. The van der Waals surface area contributed by atoms with E-state index in [0.29, 0.717) is 11.1 Å². The number of rotatable bonds is 9. The first-order valence-corrected chi connectivity index (χ1v) is 8.85. The molecule has 0 radical (unpaired) electrons. The third-order valence-electron chi connectivity index (χ3n) is 4.06. The van der Waals surface area contributed by atoms with Crippen molar-refractivity contribution in [2.24, 2.45) is 5.73 Å². The molecule has 2 rings (SSSR count). The molecule has 2 aromatic rings. The van der Waals surface area contributed by atoms with Crippen LogP contribution in [0.3, 0.4) is 0 Å². The molecule has 0 saturated heterocycles. The predicted octanol–water partition coefficient (Wildman–Crippen LogP) is 3.11. The molecule has 0 saturated carbocycles. The minimum Gasteiger partial charge on any atom is -0.471 e. The van der Waals surface area contributed by atoms with Gasteiger partial charge in [0, 0.05) is 29.9 Å². The summed E-state index contributed by atoms with van der Waals surface area (Å²) in [6, 6.07) is 4.31. The lowest BCUT2D eigenvalue weighted by molar-refractivity contribution is -0.148. The van der Waals surface area contributed by atoms with E-state index in [1.807, 2.05) is 0 Å². The van der Waals surface area contributed by atoms with Crippen LogP contribution in [-0.4, -0.2) is 40.7 Å². The Labute approximate surface area is 169 Å². The number of carbonyl (C=O) groups is 2. The van der Waals surface area contributed by atoms with Crippen molar-refractivity contribution in [3.63, 3.8) is 0 Å². The van der Waals surface area contributed by atoms with Crippen molar-refractivity contribution in [3.05, 3.63) is 47.3 Å². The van der Waals surface area contributed by atoms with E-state index in [2.05, 4.69) is 9.97 Å². The van der Waals surface area contributed by atoms with E-state index >= 15 is 0 Å². The highest BCUT2D eigenvalue weighted by Gasteiger charge is 2.42. The molecule has 11 heteroatoms. The van der Waals surface area contributed by atoms with Crippen LogP contribution in [-0.2, 0) is 11.3 Å². The molecule has 0 aromatic carbocycles. The van der Waals surface area contributed by atoms with Gasteiger partial charge < -0.3 is 10.5 Å². The maximum absolute atomic E-state index is 13.0. The van der Waals surface area contributed by atoms with Crippen LogP contribution in [0.25, 0.3) is 0 Å². The lowest BCUT2D eigenvalue weighted by atomic mass is 10.2. The molecule has 2 heterocycles. The van der Waals surface area contributed by atoms with Gasteiger partial charge in [0.25, 0.3) is 0 Å². The number of nitrogens with two attached hydrogens (primary N) is 1. The van der Waals surface area contributed by atoms with Crippen LogP contribution >= 0.6 is 0 Å². The molecule has 30 heavy (non-hydrogen) atoms. The Morgan fingerprint density at radius 3 is 2.53 bits per heavy atom. The molecule has 7 nitrogen and oxygen atoms in total. The highest BCUT2D eigenvalue weighted by Crippen LogP contribution is 2.25. The highest BCUT2D eigenvalue weighted by molar-refractivity contribution is 5.96. The smallest absolute Gasteiger partial charge is 0.340 e. The summed E-state index contributed by atoms with van der Waals surface area (Å²) in [4.78, 5) is 33.1. The zero-order chi connectivity index (χ0) is 22.5. The van der Waals surface area contributed by atoms with Crippen LogP contribution in [0.1, 0.15) is 34.8 Å². The number of pyridine rings is 2. The summed E-state index contributed by atoms with van der Waals surface area (Å²) in [6.45, 7) is 1.66. The molecule has 0 aliphatic rings. The zero-order valence-electron chi connectivity index (χ0n) is 16.2. The van der Waals surface area contributed by atoms with E-state index in [9.17, 15) is 27.2 Å². The summed E-state index contributed by atoms with van der Waals surface area (Å²) in [5.74, 6) is -5.29. The molecule has 0 atom stereocenters. The lowest BCUT2D eigenvalue weighted by Gasteiger charge is -2.22. The number of anilines is 1. The van der Waals surface area contributed by atoms with Gasteiger partial charge in [0.2, 0.25) is 17.7 Å². The Morgan fingerprint density at radius 1 is 1.27 bits per heavy atom. The van der Waals surface area contributed by atoms with E-state index in [1.165, 1.54) is 42.4 Å². The van der Waals surface area contributed by atoms with Gasteiger partial charge in [0.15, 0.2) is 6.61 Å². The summed E-state index contributed by atoms with van der Waals surface area (Å²) in [6.07, 6.45) is -1.08. The van der Waals surface area contributed by atoms with Gasteiger partial charge in [-0.05, 0) is 30.7 Å². The third-order valence-corrected chi connectivity index (χ3v) is 4.06. The van der Waals surface area contributed by atoms with Crippen LogP contribution in [0.15, 0.2) is 30.6 Å². The van der Waals surface area contributed by atoms with E-state index in [0.717, 1.165) is 0 Å². The molecule has 0 fully saturated rings. The zero-order valence-corrected chi connectivity index (χ0v) is 16.2. The molecule has 2 amide bonds. The quantitative estimate of drug-likeness (QED) is 0.619. The van der Waals surface area contributed by atoms with Crippen LogP contribution in [0.5, 0.6) is 5.88 Å². The summed E-state index contributed by atoms with van der Waals surface area (Å²) in [5, 5.41) is 0. The molecule has 2 N–H and O–H groups in total. The number of amides is 2. The second-order valence-corrected chi connectivity index (χ2v) is 6.42. The van der Waals surface area contributed by atoms with Crippen molar-refractivity contribution in [2.45, 2.75) is 39.2 Å². The van der Waals surface area contributed by atoms with E-state index in [4.69, 9.17) is 10.5 Å². The number of primary amides is 1. The molecule has 162 valence electrons. The SMILES string of the molecule is CCC(=O)N(Cc1cnc(OCC(F)(F)C(F)F)c(C)c1)c1cc(C(N)=O)ccn1. The third kappa shape index (κ3) is 5.65. The van der Waals surface area contributed by atoms with Gasteiger partial charge in [0.05, 0.1) is 6.54 Å². The van der Waals surface area contributed by atoms with Gasteiger partial charge in [-0.25, -0.2) is 18.7 Å². The van der Waals surface area contributed by atoms with Gasteiger partial charge in [0.1, 0.15) is 5.82 Å². The number of alkyl halides is 4. The molecular weight excluding hydrogens is 408 g/mol. The van der Waals surface area contributed by atoms with Crippen molar-refractivity contribution < 1.29 is 31.9 Å². The van der Waals surface area contributed by atoms with E-state index in [1.54, 1.807) is 6.92 Å². The van der Waals surface area contributed by atoms with Crippen molar-refractivity contribution in [3.8, 4) is 5.88 Å². The topological polar surface area (TPSA) is 98.4 Å². The van der Waals surface area contributed by atoms with Crippen molar-refractivity contribution in [1.82, 2.24) is 9.97 Å². The lowest BCUT2D eigenvalue weighted by Crippen LogP contribution is -2.34. The number of aromatic nitrogens is 2. The average molecular weight is 428 g/mol. The van der Waals surface area contributed by atoms with Crippen LogP contribution in [0.4, 0.5) is 23.4 Å². The minimum absolute atomic E-state index is 0.0171. The first-order valence-electron chi connectivity index (χ1n) is 8.85. The molecule has 0 unspecified atom stereocenters. The fourth-order valence-corrected chi connectivity index (χ4v) is 2.48. The largest absolute Gasteiger partial charge is 0.471 e. The van der Waals surface area contributed by atoms with Crippen LogP contribution in [0, 0.1) is 6.92 Å².